The zero-order chi connectivity index (χ0) is 15.5. The predicted octanol–water partition coefficient (Wildman–Crippen LogP) is 3.07. The van der Waals surface area contributed by atoms with Crippen LogP contribution in [0.2, 0.25) is 10.0 Å². The van der Waals surface area contributed by atoms with Crippen molar-refractivity contribution in [3.05, 3.63) is 33.8 Å². The minimum Gasteiger partial charge on any atom is -0.465 e. The standard InChI is InChI=1S/C15H16Cl2O4/c1-2-21-14(19)15(9-20-7-6-12(15)18)8-10-4-3-5-11(16)13(10)17/h3-5H,2,6-9H2,1H3. The molecule has 0 saturated carbocycles. The smallest absolute Gasteiger partial charge is 0.322 e. The van der Waals surface area contributed by atoms with E-state index in [9.17, 15) is 9.59 Å². The van der Waals surface area contributed by atoms with Gasteiger partial charge >= 0.3 is 5.97 Å². The van der Waals surface area contributed by atoms with Crippen LogP contribution in [-0.4, -0.2) is 31.6 Å². The number of hydrogen-bond donors (Lipinski definition) is 0. The Kier molecular flexibility index (Phi) is 5.25. The molecule has 4 nitrogen and oxygen atoms in total. The third kappa shape index (κ3) is 3.23. The highest BCUT2D eigenvalue weighted by molar-refractivity contribution is 6.42. The molecule has 1 atom stereocenters. The summed E-state index contributed by atoms with van der Waals surface area (Å²) in [7, 11) is 0. The van der Waals surface area contributed by atoms with Crippen molar-refractivity contribution in [1.29, 1.82) is 0 Å². The molecule has 0 spiro atoms. The van der Waals surface area contributed by atoms with Crippen molar-refractivity contribution in [2.45, 2.75) is 19.8 Å². The van der Waals surface area contributed by atoms with E-state index in [4.69, 9.17) is 32.7 Å². The second-order valence-electron chi connectivity index (χ2n) is 4.92. The van der Waals surface area contributed by atoms with E-state index in [1.54, 1.807) is 25.1 Å². The Morgan fingerprint density at radius 1 is 1.43 bits per heavy atom. The van der Waals surface area contributed by atoms with Crippen molar-refractivity contribution in [2.75, 3.05) is 19.8 Å². The van der Waals surface area contributed by atoms with Crippen LogP contribution in [0.4, 0.5) is 0 Å². The summed E-state index contributed by atoms with van der Waals surface area (Å²) in [5, 5.41) is 0.735. The fraction of sp³-hybridized carbons (Fsp3) is 0.467. The summed E-state index contributed by atoms with van der Waals surface area (Å²) in [5.74, 6) is -0.742. The number of Topliss-reactive ketones (excluding diaryl/α,β-unsaturated/α-hetero) is 1. The molecule has 0 bridgehead atoms. The van der Waals surface area contributed by atoms with Gasteiger partial charge in [-0.3, -0.25) is 9.59 Å². The fourth-order valence-electron chi connectivity index (χ4n) is 2.40. The van der Waals surface area contributed by atoms with Gasteiger partial charge < -0.3 is 9.47 Å². The number of carbonyl (C=O) groups excluding carboxylic acids is 2. The summed E-state index contributed by atoms with van der Waals surface area (Å²) in [6.07, 6.45) is 0.320. The zero-order valence-electron chi connectivity index (χ0n) is 11.7. The molecule has 1 heterocycles. The van der Waals surface area contributed by atoms with Crippen molar-refractivity contribution in [3.8, 4) is 0 Å². The van der Waals surface area contributed by atoms with Crippen LogP contribution >= 0.6 is 23.2 Å². The molecule has 6 heteroatoms. The SMILES string of the molecule is CCOC(=O)C1(Cc2cccc(Cl)c2Cl)COCCC1=O. The first kappa shape index (κ1) is 16.3. The summed E-state index contributed by atoms with van der Waals surface area (Å²) in [4.78, 5) is 24.7. The molecule has 1 saturated heterocycles. The Morgan fingerprint density at radius 2 is 2.19 bits per heavy atom. The van der Waals surface area contributed by atoms with Gasteiger partial charge in [0, 0.05) is 6.42 Å². The molecule has 0 radical (unpaired) electrons. The van der Waals surface area contributed by atoms with Crippen molar-refractivity contribution in [3.63, 3.8) is 0 Å². The van der Waals surface area contributed by atoms with Gasteiger partial charge in [-0.2, -0.15) is 0 Å². The number of benzene rings is 1. The Labute approximate surface area is 133 Å². The minimum atomic E-state index is -1.33. The van der Waals surface area contributed by atoms with Gasteiger partial charge in [-0.25, -0.2) is 0 Å². The van der Waals surface area contributed by atoms with E-state index < -0.39 is 11.4 Å². The highest BCUT2D eigenvalue weighted by Gasteiger charge is 2.49. The van der Waals surface area contributed by atoms with E-state index in [0.29, 0.717) is 22.2 Å². The Bertz CT molecular complexity index is 559. The molecule has 0 aliphatic carbocycles. The molecule has 0 amide bonds. The topological polar surface area (TPSA) is 52.6 Å². The maximum Gasteiger partial charge on any atom is 0.322 e. The molecule has 2 rings (SSSR count). The Balaban J connectivity index is 2.38. The zero-order valence-corrected chi connectivity index (χ0v) is 13.2. The van der Waals surface area contributed by atoms with Crippen LogP contribution in [0.1, 0.15) is 18.9 Å². The lowest BCUT2D eigenvalue weighted by molar-refractivity contribution is -0.169. The van der Waals surface area contributed by atoms with Crippen LogP contribution in [0, 0.1) is 5.41 Å². The molecule has 1 fully saturated rings. The maximum atomic E-state index is 12.4. The molecule has 114 valence electrons. The van der Waals surface area contributed by atoms with E-state index in [1.165, 1.54) is 0 Å². The predicted molar refractivity (Wildman–Crippen MR) is 79.7 cm³/mol. The molecule has 0 N–H and O–H groups in total. The molecule has 1 aliphatic heterocycles. The van der Waals surface area contributed by atoms with Crippen LogP contribution in [0.3, 0.4) is 0 Å². The number of hydrogen-bond acceptors (Lipinski definition) is 4. The first-order valence-electron chi connectivity index (χ1n) is 6.72. The molecular formula is C15H16Cl2O4. The first-order valence-corrected chi connectivity index (χ1v) is 7.48. The first-order chi connectivity index (χ1) is 10.0. The van der Waals surface area contributed by atoms with Gasteiger partial charge in [0.2, 0.25) is 0 Å². The molecule has 1 unspecified atom stereocenters. The molecule has 0 aromatic heterocycles. The number of carbonyl (C=O) groups is 2. The minimum absolute atomic E-state index is 0.00745. The van der Waals surface area contributed by atoms with Gasteiger partial charge in [0.15, 0.2) is 11.2 Å². The van der Waals surface area contributed by atoms with E-state index in [1.807, 2.05) is 0 Å². The van der Waals surface area contributed by atoms with Gasteiger partial charge in [-0.15, -0.1) is 0 Å². The monoisotopic (exact) mass is 330 g/mol. The van der Waals surface area contributed by atoms with Crippen LogP contribution in [-0.2, 0) is 25.5 Å². The van der Waals surface area contributed by atoms with Gasteiger partial charge in [0.05, 0.1) is 29.9 Å². The number of halogens is 2. The lowest BCUT2D eigenvalue weighted by atomic mass is 9.76. The third-order valence-electron chi connectivity index (χ3n) is 3.55. The summed E-state index contributed by atoms with van der Waals surface area (Å²) in [6, 6.07) is 5.14. The lowest BCUT2D eigenvalue weighted by Gasteiger charge is -2.33. The van der Waals surface area contributed by atoms with Crippen LogP contribution < -0.4 is 0 Å². The van der Waals surface area contributed by atoms with Crippen molar-refractivity contribution >= 4 is 35.0 Å². The normalized spacial score (nSPS) is 22.1. The Morgan fingerprint density at radius 3 is 2.86 bits per heavy atom. The largest absolute Gasteiger partial charge is 0.465 e. The van der Waals surface area contributed by atoms with E-state index in [2.05, 4.69) is 0 Å². The maximum absolute atomic E-state index is 12.4. The van der Waals surface area contributed by atoms with Crippen LogP contribution in [0.25, 0.3) is 0 Å². The second-order valence-corrected chi connectivity index (χ2v) is 5.70. The van der Waals surface area contributed by atoms with E-state index in [-0.39, 0.29) is 31.8 Å². The van der Waals surface area contributed by atoms with E-state index in [0.717, 1.165) is 0 Å². The summed E-state index contributed by atoms with van der Waals surface area (Å²) >= 11 is 12.2. The average molecular weight is 331 g/mol. The molecular weight excluding hydrogens is 315 g/mol. The van der Waals surface area contributed by atoms with E-state index >= 15 is 0 Å². The number of esters is 1. The molecule has 21 heavy (non-hydrogen) atoms. The van der Waals surface area contributed by atoms with Crippen molar-refractivity contribution in [2.24, 2.45) is 5.41 Å². The highest BCUT2D eigenvalue weighted by atomic mass is 35.5. The second kappa shape index (κ2) is 6.77. The molecule has 1 aliphatic rings. The summed E-state index contributed by atoms with van der Waals surface area (Å²) in [6.45, 7) is 2.24. The lowest BCUT2D eigenvalue weighted by Crippen LogP contribution is -2.49. The number of rotatable bonds is 4. The van der Waals surface area contributed by atoms with Gasteiger partial charge in [-0.1, -0.05) is 35.3 Å². The quantitative estimate of drug-likeness (QED) is 0.628. The third-order valence-corrected chi connectivity index (χ3v) is 4.40. The summed E-state index contributed by atoms with van der Waals surface area (Å²) < 4.78 is 10.4. The van der Waals surface area contributed by atoms with Gasteiger partial charge in [0.25, 0.3) is 0 Å². The van der Waals surface area contributed by atoms with Gasteiger partial charge in [-0.05, 0) is 25.0 Å². The number of ether oxygens (including phenoxy) is 2. The van der Waals surface area contributed by atoms with Crippen molar-refractivity contribution in [1.82, 2.24) is 0 Å². The Hall–Kier alpha value is -1.10. The highest BCUT2D eigenvalue weighted by Crippen LogP contribution is 2.35. The average Bonchev–Trinajstić information content (AvgIpc) is 2.46. The van der Waals surface area contributed by atoms with Crippen molar-refractivity contribution < 1.29 is 19.1 Å². The molecule has 1 aromatic carbocycles. The van der Waals surface area contributed by atoms with Crippen LogP contribution in [0.15, 0.2) is 18.2 Å². The van der Waals surface area contributed by atoms with Gasteiger partial charge in [0.1, 0.15) is 0 Å². The fourth-order valence-corrected chi connectivity index (χ4v) is 2.79. The molecule has 1 aromatic rings. The summed E-state index contributed by atoms with van der Waals surface area (Å²) in [5.41, 5.74) is -0.696. The number of ketones is 1. The van der Waals surface area contributed by atoms with Crippen LogP contribution in [0.5, 0.6) is 0 Å².